The highest BCUT2D eigenvalue weighted by molar-refractivity contribution is 8.01. The molecule has 88 valence electrons. The number of carbonyl (C=O) groups is 1. The summed E-state index contributed by atoms with van der Waals surface area (Å²) in [6.07, 6.45) is 2.67. The Morgan fingerprint density at radius 1 is 1.38 bits per heavy atom. The van der Waals surface area contributed by atoms with Crippen LogP contribution in [0.1, 0.15) is 11.7 Å². The van der Waals surface area contributed by atoms with Crippen LogP contribution in [0.5, 0.6) is 0 Å². The molecule has 0 heterocycles. The van der Waals surface area contributed by atoms with Crippen LogP contribution in [0.15, 0.2) is 28.0 Å². The average Bonchev–Trinajstić information content (AvgIpc) is 2.35. The zero-order chi connectivity index (χ0) is 12.1. The Bertz CT molecular complexity index is 379. The van der Waals surface area contributed by atoms with Crippen LogP contribution in [0, 0.1) is 0 Å². The molecule has 1 aromatic rings. The maximum absolute atomic E-state index is 11.3. The van der Waals surface area contributed by atoms with Crippen LogP contribution in [0.25, 0.3) is 0 Å². The van der Waals surface area contributed by atoms with Crippen molar-refractivity contribution in [3.63, 3.8) is 0 Å². The van der Waals surface area contributed by atoms with Crippen molar-refractivity contribution in [2.75, 3.05) is 19.6 Å². The van der Waals surface area contributed by atoms with Gasteiger partial charge in [-0.05, 0) is 18.6 Å². The van der Waals surface area contributed by atoms with Crippen LogP contribution < -0.4 is 0 Å². The number of aliphatic hydroxyl groups excluding tert-OH is 1. The van der Waals surface area contributed by atoms with E-state index in [2.05, 4.69) is 4.74 Å². The number of rotatable bonds is 4. The molecule has 3 nitrogen and oxygen atoms in total. The van der Waals surface area contributed by atoms with E-state index < -0.39 is 12.1 Å². The first-order chi connectivity index (χ1) is 7.65. The van der Waals surface area contributed by atoms with Gasteiger partial charge in [-0.25, -0.2) is 4.79 Å². The van der Waals surface area contributed by atoms with E-state index in [1.54, 1.807) is 17.8 Å². The monoisotopic (exact) mass is 258 g/mol. The molecule has 0 saturated heterocycles. The van der Waals surface area contributed by atoms with E-state index in [0.717, 1.165) is 9.79 Å². The first kappa shape index (κ1) is 13.4. The van der Waals surface area contributed by atoms with Gasteiger partial charge in [0.05, 0.1) is 7.11 Å². The summed E-state index contributed by atoms with van der Waals surface area (Å²) in [5, 5.41) is 9.82. The van der Waals surface area contributed by atoms with Crippen LogP contribution in [0.4, 0.5) is 0 Å². The van der Waals surface area contributed by atoms with Crippen molar-refractivity contribution < 1.29 is 14.6 Å². The van der Waals surface area contributed by atoms with Gasteiger partial charge in [0, 0.05) is 15.4 Å². The fourth-order valence-corrected chi connectivity index (χ4v) is 3.07. The number of methoxy groups -OCH3 is 1. The summed E-state index contributed by atoms with van der Waals surface area (Å²) < 4.78 is 4.53. The highest BCUT2D eigenvalue weighted by atomic mass is 32.2. The van der Waals surface area contributed by atoms with E-state index in [1.165, 1.54) is 18.9 Å². The minimum atomic E-state index is -1.21. The third-order valence-corrected chi connectivity index (χ3v) is 3.93. The van der Waals surface area contributed by atoms with E-state index in [1.807, 2.05) is 24.6 Å². The normalized spacial score (nSPS) is 12.2. The Labute approximate surface area is 104 Å². The molecule has 1 rings (SSSR count). The molecule has 5 heteroatoms. The molecule has 1 atom stereocenters. The van der Waals surface area contributed by atoms with Crippen molar-refractivity contribution >= 4 is 29.5 Å². The van der Waals surface area contributed by atoms with Crippen LogP contribution in [-0.4, -0.2) is 30.7 Å². The Morgan fingerprint density at radius 3 is 2.56 bits per heavy atom. The molecule has 0 saturated carbocycles. The highest BCUT2D eigenvalue weighted by Crippen LogP contribution is 2.34. The fourth-order valence-electron chi connectivity index (χ4n) is 1.37. The van der Waals surface area contributed by atoms with Crippen molar-refractivity contribution in [3.8, 4) is 0 Å². The molecule has 1 unspecified atom stereocenters. The second-order valence-electron chi connectivity index (χ2n) is 3.01. The third-order valence-electron chi connectivity index (χ3n) is 2.15. The zero-order valence-corrected chi connectivity index (χ0v) is 11.0. The lowest BCUT2D eigenvalue weighted by molar-refractivity contribution is -0.150. The van der Waals surface area contributed by atoms with Gasteiger partial charge < -0.3 is 9.84 Å². The minimum Gasteiger partial charge on any atom is -0.467 e. The second-order valence-corrected chi connectivity index (χ2v) is 4.67. The summed E-state index contributed by atoms with van der Waals surface area (Å²) in [4.78, 5) is 13.3. The van der Waals surface area contributed by atoms with Gasteiger partial charge in [-0.1, -0.05) is 12.1 Å². The Morgan fingerprint density at radius 2 is 2.06 bits per heavy atom. The lowest BCUT2D eigenvalue weighted by Gasteiger charge is -2.14. The van der Waals surface area contributed by atoms with Gasteiger partial charge in [0.15, 0.2) is 6.10 Å². The molecule has 0 aliphatic heterocycles. The minimum absolute atomic E-state index is 0.603. The lowest BCUT2D eigenvalue weighted by atomic mass is 10.1. The smallest absolute Gasteiger partial charge is 0.339 e. The van der Waals surface area contributed by atoms with Gasteiger partial charge in [0.25, 0.3) is 0 Å². The van der Waals surface area contributed by atoms with Gasteiger partial charge in [-0.15, -0.1) is 23.5 Å². The number of hydrogen-bond acceptors (Lipinski definition) is 5. The number of ether oxygens (including phenoxy) is 1. The van der Waals surface area contributed by atoms with E-state index in [0.29, 0.717) is 5.56 Å². The molecular weight excluding hydrogens is 244 g/mol. The van der Waals surface area contributed by atoms with Crippen molar-refractivity contribution in [1.82, 2.24) is 0 Å². The van der Waals surface area contributed by atoms with Crippen LogP contribution in [0.3, 0.4) is 0 Å². The van der Waals surface area contributed by atoms with Gasteiger partial charge in [0.2, 0.25) is 0 Å². The Hall–Kier alpha value is -0.650. The fraction of sp³-hybridized carbons (Fsp3) is 0.364. The van der Waals surface area contributed by atoms with Crippen LogP contribution in [0.2, 0.25) is 0 Å². The SMILES string of the molecule is COC(=O)C(O)c1cccc(SC)c1SC. The van der Waals surface area contributed by atoms with Crippen molar-refractivity contribution in [2.45, 2.75) is 15.9 Å². The summed E-state index contributed by atoms with van der Waals surface area (Å²) in [6, 6.07) is 5.53. The first-order valence-corrected chi connectivity index (χ1v) is 7.07. The number of carbonyl (C=O) groups excluding carboxylic acids is 1. The highest BCUT2D eigenvalue weighted by Gasteiger charge is 2.22. The molecule has 0 amide bonds. The van der Waals surface area contributed by atoms with Gasteiger partial charge in [0.1, 0.15) is 0 Å². The van der Waals surface area contributed by atoms with Gasteiger partial charge in [-0.2, -0.15) is 0 Å². The lowest BCUT2D eigenvalue weighted by Crippen LogP contribution is -2.14. The molecule has 1 N–H and O–H groups in total. The Balaban J connectivity index is 3.17. The van der Waals surface area contributed by atoms with E-state index >= 15 is 0 Å². The number of aliphatic hydroxyl groups is 1. The second kappa shape index (κ2) is 6.18. The largest absolute Gasteiger partial charge is 0.467 e. The number of hydrogen-bond donors (Lipinski definition) is 1. The molecule has 0 aromatic heterocycles. The Kier molecular flexibility index (Phi) is 5.18. The molecule has 0 radical (unpaired) electrons. The first-order valence-electron chi connectivity index (χ1n) is 4.62. The van der Waals surface area contributed by atoms with Crippen molar-refractivity contribution in [2.24, 2.45) is 0 Å². The molecule has 1 aromatic carbocycles. The molecule has 0 spiro atoms. The van der Waals surface area contributed by atoms with Gasteiger partial charge >= 0.3 is 5.97 Å². The summed E-state index contributed by atoms with van der Waals surface area (Å²) in [6.45, 7) is 0. The van der Waals surface area contributed by atoms with Gasteiger partial charge in [-0.3, -0.25) is 0 Å². The maximum atomic E-state index is 11.3. The molecular formula is C11H14O3S2. The molecule has 0 fully saturated rings. The van der Waals surface area contributed by atoms with Crippen LogP contribution >= 0.6 is 23.5 Å². The summed E-state index contributed by atoms with van der Waals surface area (Å²) in [5.74, 6) is -0.631. The predicted octanol–water partition coefficient (Wildman–Crippen LogP) is 2.34. The standard InChI is InChI=1S/C11H14O3S2/c1-14-11(13)9(12)7-5-4-6-8(15-2)10(7)16-3/h4-6,9,12H,1-3H3. The summed E-state index contributed by atoms with van der Waals surface area (Å²) >= 11 is 3.10. The van der Waals surface area contributed by atoms with E-state index in [-0.39, 0.29) is 0 Å². The number of thioether (sulfide) groups is 2. The predicted molar refractivity (Wildman–Crippen MR) is 67.0 cm³/mol. The zero-order valence-electron chi connectivity index (χ0n) is 9.39. The topological polar surface area (TPSA) is 46.5 Å². The van der Waals surface area contributed by atoms with E-state index in [4.69, 9.17) is 0 Å². The molecule has 0 aliphatic carbocycles. The summed E-state index contributed by atoms with van der Waals surface area (Å²) in [7, 11) is 1.27. The van der Waals surface area contributed by atoms with Crippen molar-refractivity contribution in [1.29, 1.82) is 0 Å². The number of benzene rings is 1. The summed E-state index contributed by atoms with van der Waals surface area (Å²) in [5.41, 5.74) is 0.603. The van der Waals surface area contributed by atoms with E-state index in [9.17, 15) is 9.90 Å². The third kappa shape index (κ3) is 2.72. The number of esters is 1. The molecule has 16 heavy (non-hydrogen) atoms. The maximum Gasteiger partial charge on any atom is 0.339 e. The van der Waals surface area contributed by atoms with Crippen molar-refractivity contribution in [3.05, 3.63) is 23.8 Å². The quantitative estimate of drug-likeness (QED) is 0.663. The average molecular weight is 258 g/mol. The van der Waals surface area contributed by atoms with Crippen LogP contribution in [-0.2, 0) is 9.53 Å². The molecule has 0 aliphatic rings. The molecule has 0 bridgehead atoms.